The maximum atomic E-state index is 12.6. The van der Waals surface area contributed by atoms with Crippen LogP contribution < -0.4 is 4.90 Å². The second-order valence-electron chi connectivity index (χ2n) is 8.02. The molecule has 35 heavy (non-hydrogen) atoms. The van der Waals surface area contributed by atoms with E-state index in [1.807, 2.05) is 32.0 Å². The van der Waals surface area contributed by atoms with Crippen molar-refractivity contribution >= 4 is 52.8 Å². The minimum absolute atomic E-state index is 0.208. The van der Waals surface area contributed by atoms with Gasteiger partial charge in [0.05, 0.1) is 32.8 Å². The number of likely N-dealkylation sites (N-methyl/N-ethyl adjacent to an activating group) is 1. The number of halogens is 1. The van der Waals surface area contributed by atoms with E-state index >= 15 is 0 Å². The second-order valence-corrected chi connectivity index (χ2v) is 9.58. The minimum Gasteiger partial charge on any atom is -0.370 e. The number of anilines is 1. The number of aryl methyl sites for hydroxylation is 1. The molecule has 178 valence electrons. The Morgan fingerprint density at radius 1 is 1.20 bits per heavy atom. The Kier molecular flexibility index (Phi) is 7.34. The Balaban J connectivity index is 1.43. The molecule has 0 saturated carbocycles. The molecule has 8 nitrogen and oxygen atoms in total. The van der Waals surface area contributed by atoms with Crippen LogP contribution in [0.25, 0.3) is 0 Å². The first-order chi connectivity index (χ1) is 16.9. The molecule has 0 fully saturated rings. The van der Waals surface area contributed by atoms with Crippen molar-refractivity contribution in [3.05, 3.63) is 69.1 Å². The topological polar surface area (TPSA) is 106 Å². The fraction of sp³-hybridized carbons (Fsp3) is 0.280. The molecule has 2 unspecified atom stereocenters. The van der Waals surface area contributed by atoms with Gasteiger partial charge in [0.25, 0.3) is 11.8 Å². The first-order valence-corrected chi connectivity index (χ1v) is 12.3. The number of nitriles is 1. The predicted octanol–water partition coefficient (Wildman–Crippen LogP) is 5.06. The molecule has 4 rings (SSSR count). The van der Waals surface area contributed by atoms with Gasteiger partial charge in [0.15, 0.2) is 6.29 Å². The SMILES string of the molecule is CCN(CCN1C(=O)c2ccccc2C1=O)c1ccc(/N=N/C2SC(C=O)=C(Cl)C2C#N)c(C)c1. The summed E-state index contributed by atoms with van der Waals surface area (Å²) in [5.74, 6) is -1.23. The van der Waals surface area contributed by atoms with Crippen molar-refractivity contribution in [3.63, 3.8) is 0 Å². The highest BCUT2D eigenvalue weighted by atomic mass is 35.5. The van der Waals surface area contributed by atoms with Gasteiger partial charge in [-0.1, -0.05) is 35.5 Å². The van der Waals surface area contributed by atoms with Crippen LogP contribution in [0.5, 0.6) is 0 Å². The van der Waals surface area contributed by atoms with Gasteiger partial charge in [0.2, 0.25) is 0 Å². The molecule has 2 atom stereocenters. The van der Waals surface area contributed by atoms with Crippen molar-refractivity contribution < 1.29 is 14.4 Å². The Labute approximate surface area is 212 Å². The maximum absolute atomic E-state index is 12.6. The number of hydrogen-bond donors (Lipinski definition) is 0. The summed E-state index contributed by atoms with van der Waals surface area (Å²) in [5.41, 5.74) is 3.33. The third-order valence-electron chi connectivity index (χ3n) is 5.97. The summed E-state index contributed by atoms with van der Waals surface area (Å²) in [4.78, 5) is 40.1. The number of thioether (sulfide) groups is 1. The van der Waals surface area contributed by atoms with Crippen LogP contribution in [0.4, 0.5) is 11.4 Å². The number of fused-ring (bicyclic) bond motifs is 1. The zero-order chi connectivity index (χ0) is 25.1. The molecule has 2 aliphatic heterocycles. The molecule has 0 spiro atoms. The van der Waals surface area contributed by atoms with Crippen LogP contribution >= 0.6 is 23.4 Å². The maximum Gasteiger partial charge on any atom is 0.261 e. The van der Waals surface area contributed by atoms with Crippen LogP contribution in [-0.2, 0) is 4.79 Å². The van der Waals surface area contributed by atoms with Crippen LogP contribution in [0.3, 0.4) is 0 Å². The van der Waals surface area contributed by atoms with E-state index < -0.39 is 11.3 Å². The molecule has 0 aromatic heterocycles. The summed E-state index contributed by atoms with van der Waals surface area (Å²) in [6, 6.07) is 14.6. The summed E-state index contributed by atoms with van der Waals surface area (Å²) in [6.45, 7) is 5.36. The lowest BCUT2D eigenvalue weighted by atomic mass is 10.1. The van der Waals surface area contributed by atoms with Crippen LogP contribution in [-0.4, -0.2) is 48.0 Å². The highest BCUT2D eigenvalue weighted by molar-refractivity contribution is 8.04. The molecule has 2 amide bonds. The summed E-state index contributed by atoms with van der Waals surface area (Å²) in [7, 11) is 0. The number of nitrogens with zero attached hydrogens (tertiary/aromatic N) is 5. The van der Waals surface area contributed by atoms with E-state index in [9.17, 15) is 19.6 Å². The average Bonchev–Trinajstić information content (AvgIpc) is 3.31. The normalized spacial score (nSPS) is 19.4. The molecule has 2 aromatic rings. The molecule has 2 aromatic carbocycles. The van der Waals surface area contributed by atoms with Gasteiger partial charge < -0.3 is 4.90 Å². The molecule has 0 bridgehead atoms. The zero-order valence-corrected chi connectivity index (χ0v) is 20.7. The number of allylic oxidation sites excluding steroid dienone is 1. The van der Waals surface area contributed by atoms with Gasteiger partial charge in [-0.05, 0) is 49.7 Å². The standard InChI is InChI=1S/C25H22ClN5O3S/c1-3-30(10-11-31-24(33)17-6-4-5-7-18(17)25(31)34)16-8-9-20(15(2)12-16)28-29-23-19(13-27)22(26)21(14-32)35-23/h4-9,12,14,19,23H,3,10-11H2,1-2H3/b29-28+. The average molecular weight is 508 g/mol. The summed E-state index contributed by atoms with van der Waals surface area (Å²) in [6.07, 6.45) is 0.633. The van der Waals surface area contributed by atoms with E-state index in [0.717, 1.165) is 23.0 Å². The Morgan fingerprint density at radius 2 is 1.89 bits per heavy atom. The van der Waals surface area contributed by atoms with Gasteiger partial charge in [-0.25, -0.2) is 0 Å². The van der Waals surface area contributed by atoms with Crippen molar-refractivity contribution in [2.24, 2.45) is 16.1 Å². The predicted molar refractivity (Wildman–Crippen MR) is 135 cm³/mol. The van der Waals surface area contributed by atoms with Crippen molar-refractivity contribution in [3.8, 4) is 6.07 Å². The number of azo groups is 1. The number of rotatable bonds is 8. The second kappa shape index (κ2) is 10.4. The van der Waals surface area contributed by atoms with E-state index in [-0.39, 0.29) is 23.4 Å². The van der Waals surface area contributed by atoms with Crippen LogP contribution in [0.15, 0.2) is 62.6 Å². The van der Waals surface area contributed by atoms with E-state index in [1.54, 1.807) is 24.3 Å². The van der Waals surface area contributed by atoms with Crippen LogP contribution in [0, 0.1) is 24.2 Å². The summed E-state index contributed by atoms with van der Waals surface area (Å²) >= 11 is 7.23. The Morgan fingerprint density at radius 3 is 2.46 bits per heavy atom. The van der Waals surface area contributed by atoms with Crippen LogP contribution in [0.1, 0.15) is 33.2 Å². The first-order valence-electron chi connectivity index (χ1n) is 11.0. The number of amides is 2. The van der Waals surface area contributed by atoms with E-state index in [1.165, 1.54) is 4.90 Å². The quantitative estimate of drug-likeness (QED) is 0.281. The molecular formula is C25H22ClN5O3S. The molecule has 0 saturated heterocycles. The smallest absolute Gasteiger partial charge is 0.261 e. The molecular weight excluding hydrogens is 486 g/mol. The Hall–Kier alpha value is -3.48. The summed E-state index contributed by atoms with van der Waals surface area (Å²) < 4.78 is 0. The lowest BCUT2D eigenvalue weighted by Gasteiger charge is -2.26. The van der Waals surface area contributed by atoms with Gasteiger partial charge in [0.1, 0.15) is 11.3 Å². The van der Waals surface area contributed by atoms with Crippen molar-refractivity contribution in [1.29, 1.82) is 5.26 Å². The highest BCUT2D eigenvalue weighted by Crippen LogP contribution is 2.44. The summed E-state index contributed by atoms with van der Waals surface area (Å²) in [5, 5.41) is 17.6. The third kappa shape index (κ3) is 4.72. The van der Waals surface area contributed by atoms with Gasteiger partial charge in [-0.15, -0.1) is 0 Å². The lowest BCUT2D eigenvalue weighted by molar-refractivity contribution is -0.104. The number of carbonyl (C=O) groups is 3. The van der Waals surface area contributed by atoms with Crippen LogP contribution in [0.2, 0.25) is 0 Å². The third-order valence-corrected chi connectivity index (χ3v) is 7.69. The Bertz CT molecular complexity index is 1270. The lowest BCUT2D eigenvalue weighted by Crippen LogP contribution is -2.38. The number of hydrogen-bond acceptors (Lipinski definition) is 8. The monoisotopic (exact) mass is 507 g/mol. The molecule has 0 N–H and O–H groups in total. The molecule has 2 aliphatic rings. The largest absolute Gasteiger partial charge is 0.370 e. The van der Waals surface area contributed by atoms with Crippen molar-refractivity contribution in [2.75, 3.05) is 24.5 Å². The number of benzene rings is 2. The number of carbonyl (C=O) groups excluding carboxylic acids is 3. The molecule has 2 heterocycles. The van der Waals surface area contributed by atoms with E-state index in [0.29, 0.717) is 41.1 Å². The van der Waals surface area contributed by atoms with Crippen molar-refractivity contribution in [2.45, 2.75) is 19.2 Å². The number of imide groups is 1. The molecule has 10 heteroatoms. The molecule has 0 aliphatic carbocycles. The number of aldehydes is 1. The fourth-order valence-corrected chi connectivity index (χ4v) is 5.43. The highest BCUT2D eigenvalue weighted by Gasteiger charge is 2.36. The molecule has 0 radical (unpaired) electrons. The van der Waals surface area contributed by atoms with Gasteiger partial charge in [-0.2, -0.15) is 15.5 Å². The van der Waals surface area contributed by atoms with Gasteiger partial charge in [0, 0.05) is 25.3 Å². The van der Waals surface area contributed by atoms with Gasteiger partial charge in [-0.3, -0.25) is 19.3 Å². The van der Waals surface area contributed by atoms with Crippen molar-refractivity contribution in [1.82, 2.24) is 4.90 Å². The fourth-order valence-electron chi connectivity index (χ4n) is 4.03. The van der Waals surface area contributed by atoms with E-state index in [4.69, 9.17) is 11.6 Å². The minimum atomic E-state index is -0.706. The van der Waals surface area contributed by atoms with E-state index in [2.05, 4.69) is 21.2 Å². The first kappa shape index (κ1) is 24.6. The zero-order valence-electron chi connectivity index (χ0n) is 19.1. The van der Waals surface area contributed by atoms with Gasteiger partial charge >= 0.3 is 0 Å².